The predicted molar refractivity (Wildman–Crippen MR) is 112 cm³/mol. The number of hydrogen-bond donors (Lipinski definition) is 4. The molecule has 2 fully saturated rings. The number of sulfone groups is 1. The molecule has 13 nitrogen and oxygen atoms in total. The van der Waals surface area contributed by atoms with Crippen LogP contribution in [0.3, 0.4) is 0 Å². The number of pyridine rings is 1. The minimum atomic E-state index is -4.29. The van der Waals surface area contributed by atoms with E-state index in [4.69, 9.17) is 16.2 Å². The van der Waals surface area contributed by atoms with Crippen LogP contribution >= 0.6 is 0 Å². The molecule has 0 saturated carbocycles. The zero-order valence-corrected chi connectivity index (χ0v) is 17.8. The number of ether oxygens (including phenoxy) is 1. The molecule has 0 unspecified atom stereocenters. The number of aromatic nitrogens is 1. The Morgan fingerprint density at radius 1 is 1.41 bits per heavy atom. The van der Waals surface area contributed by atoms with Crippen molar-refractivity contribution in [3.63, 3.8) is 0 Å². The van der Waals surface area contributed by atoms with E-state index in [1.54, 1.807) is 18.2 Å². The van der Waals surface area contributed by atoms with E-state index >= 15 is 0 Å². The quantitative estimate of drug-likeness (QED) is 0.117. The van der Waals surface area contributed by atoms with E-state index in [1.165, 1.54) is 12.3 Å². The molecule has 0 bridgehead atoms. The lowest BCUT2D eigenvalue weighted by Gasteiger charge is -2.37. The van der Waals surface area contributed by atoms with Gasteiger partial charge in [-0.15, -0.1) is 0 Å². The van der Waals surface area contributed by atoms with Crippen LogP contribution in [0.15, 0.2) is 35.0 Å². The van der Waals surface area contributed by atoms with Crippen LogP contribution in [0, 0.1) is 0 Å². The van der Waals surface area contributed by atoms with Gasteiger partial charge in [0.1, 0.15) is 11.4 Å². The molecule has 3 rings (SSSR count). The number of rotatable bonds is 7. The van der Waals surface area contributed by atoms with E-state index < -0.39 is 50.6 Å². The lowest BCUT2D eigenvalue weighted by atomic mass is 9.94. The van der Waals surface area contributed by atoms with Crippen LogP contribution in [-0.4, -0.2) is 83.2 Å². The maximum atomic E-state index is 13.3. The van der Waals surface area contributed by atoms with Crippen molar-refractivity contribution in [2.24, 2.45) is 16.5 Å². The van der Waals surface area contributed by atoms with Crippen LogP contribution in [0.4, 0.5) is 4.79 Å². The second kappa shape index (κ2) is 8.45. The SMILES string of the molecule is C[C@]1(COC(=O)NCCN=C(N)N)[C@H](C(=O)O)N2C(=O)C(=Cc3ccccn3)[C@H]2S1(=O)=O. The molecule has 32 heavy (non-hydrogen) atoms. The third-order valence-electron chi connectivity index (χ3n) is 5.19. The summed E-state index contributed by atoms with van der Waals surface area (Å²) in [6.07, 6.45) is 1.80. The molecule has 2 amide bonds. The number of carbonyl (C=O) groups excluding carboxylic acids is 2. The predicted octanol–water partition coefficient (Wildman–Crippen LogP) is -1.73. The number of β-lactam (4-membered cyclic amide) rings is 1. The molecular formula is C18H22N6O7S. The highest BCUT2D eigenvalue weighted by atomic mass is 32.2. The first-order chi connectivity index (χ1) is 15.0. The Kier molecular flexibility index (Phi) is 6.07. The van der Waals surface area contributed by atoms with Crippen molar-refractivity contribution < 1.29 is 32.6 Å². The molecule has 0 aliphatic carbocycles. The first-order valence-corrected chi connectivity index (χ1v) is 10.9. The number of carbonyl (C=O) groups is 3. The van der Waals surface area contributed by atoms with Crippen molar-refractivity contribution in [2.75, 3.05) is 19.7 Å². The summed E-state index contributed by atoms with van der Waals surface area (Å²) in [5.41, 5.74) is 10.6. The fourth-order valence-electron chi connectivity index (χ4n) is 3.62. The molecule has 172 valence electrons. The first kappa shape index (κ1) is 23.0. The monoisotopic (exact) mass is 466 g/mol. The number of nitrogens with two attached hydrogens (primary N) is 2. The topological polar surface area (TPSA) is 207 Å². The van der Waals surface area contributed by atoms with Gasteiger partial charge in [-0.2, -0.15) is 0 Å². The average molecular weight is 466 g/mol. The molecule has 3 atom stereocenters. The Bertz CT molecular complexity index is 1100. The Labute approximate surface area is 183 Å². The molecule has 2 aliphatic rings. The van der Waals surface area contributed by atoms with Gasteiger partial charge in [0.2, 0.25) is 0 Å². The van der Waals surface area contributed by atoms with Crippen LogP contribution in [0.1, 0.15) is 12.6 Å². The van der Waals surface area contributed by atoms with Gasteiger partial charge in [-0.05, 0) is 25.1 Å². The molecule has 2 saturated heterocycles. The number of amides is 2. The minimum absolute atomic E-state index is 0.00670. The number of aliphatic imine (C=N–C) groups is 1. The van der Waals surface area contributed by atoms with Gasteiger partial charge in [0.15, 0.2) is 27.2 Å². The standard InChI is InChI=1S/C18H22N6O7S/c1-18(9-31-17(28)23-7-6-22-16(19)20)12(15(26)27)24-13(25)11(14(24)32(18,29)30)8-10-4-2-3-5-21-10/h2-5,8,12,14H,6-7,9H2,1H3,(H,23,28)(H,26,27)(H4,19,20,22)/t12-,14+,18-/m0/s1. The number of fused-ring (bicyclic) bond motifs is 1. The second-order valence-electron chi connectivity index (χ2n) is 7.33. The molecule has 1 aromatic rings. The van der Waals surface area contributed by atoms with E-state index in [1.807, 2.05) is 0 Å². The molecule has 3 heterocycles. The van der Waals surface area contributed by atoms with Gasteiger partial charge < -0.3 is 31.5 Å². The molecule has 6 N–H and O–H groups in total. The molecule has 14 heteroatoms. The smallest absolute Gasteiger partial charge is 0.407 e. The van der Waals surface area contributed by atoms with Crippen LogP contribution < -0.4 is 16.8 Å². The largest absolute Gasteiger partial charge is 0.480 e. The zero-order valence-electron chi connectivity index (χ0n) is 17.0. The van der Waals surface area contributed by atoms with Crippen molar-refractivity contribution in [2.45, 2.75) is 23.1 Å². The number of alkyl carbamates (subject to hydrolysis) is 1. The highest BCUT2D eigenvalue weighted by Crippen LogP contribution is 2.49. The van der Waals surface area contributed by atoms with Crippen molar-refractivity contribution in [1.29, 1.82) is 0 Å². The Morgan fingerprint density at radius 2 is 2.12 bits per heavy atom. The van der Waals surface area contributed by atoms with Crippen molar-refractivity contribution >= 4 is 39.8 Å². The fourth-order valence-corrected chi connectivity index (χ4v) is 5.90. The van der Waals surface area contributed by atoms with Crippen LogP contribution in [0.25, 0.3) is 6.08 Å². The number of nitrogens with zero attached hydrogens (tertiary/aromatic N) is 3. The number of hydrogen-bond acceptors (Lipinski definition) is 8. The first-order valence-electron chi connectivity index (χ1n) is 9.38. The number of guanidine groups is 1. The third-order valence-corrected chi connectivity index (χ3v) is 7.90. The van der Waals surface area contributed by atoms with E-state index in [0.29, 0.717) is 5.69 Å². The Balaban J connectivity index is 1.82. The number of nitrogens with one attached hydrogen (secondary N) is 1. The highest BCUT2D eigenvalue weighted by Gasteiger charge is 2.72. The molecule has 0 spiro atoms. The molecule has 0 aromatic carbocycles. The summed E-state index contributed by atoms with van der Waals surface area (Å²) in [6, 6.07) is 3.15. The number of carboxylic acid groups (broad SMARTS) is 1. The van der Waals surface area contributed by atoms with Gasteiger partial charge in [-0.1, -0.05) is 6.07 Å². The van der Waals surface area contributed by atoms with Gasteiger partial charge in [0, 0.05) is 12.7 Å². The van der Waals surface area contributed by atoms with Crippen LogP contribution in [0.5, 0.6) is 0 Å². The number of carboxylic acids is 1. The summed E-state index contributed by atoms with van der Waals surface area (Å²) in [5.74, 6) is -2.43. The van der Waals surface area contributed by atoms with Gasteiger partial charge in [-0.25, -0.2) is 18.0 Å². The highest BCUT2D eigenvalue weighted by molar-refractivity contribution is 7.94. The lowest BCUT2D eigenvalue weighted by molar-refractivity contribution is -0.153. The number of aliphatic carboxylic acids is 1. The van der Waals surface area contributed by atoms with E-state index in [0.717, 1.165) is 11.8 Å². The Hall–Kier alpha value is -3.68. The van der Waals surface area contributed by atoms with Crippen LogP contribution in [0.2, 0.25) is 0 Å². The summed E-state index contributed by atoms with van der Waals surface area (Å²) < 4.78 is 29.5. The van der Waals surface area contributed by atoms with Crippen molar-refractivity contribution in [3.8, 4) is 0 Å². The molecular weight excluding hydrogens is 444 g/mol. The van der Waals surface area contributed by atoms with Gasteiger partial charge >= 0.3 is 12.1 Å². The van der Waals surface area contributed by atoms with Gasteiger partial charge in [-0.3, -0.25) is 14.8 Å². The van der Waals surface area contributed by atoms with Crippen molar-refractivity contribution in [3.05, 3.63) is 35.7 Å². The average Bonchev–Trinajstić information content (AvgIpc) is 2.90. The second-order valence-corrected chi connectivity index (χ2v) is 9.80. The maximum Gasteiger partial charge on any atom is 0.407 e. The zero-order chi connectivity index (χ0) is 23.7. The van der Waals surface area contributed by atoms with E-state index in [2.05, 4.69) is 15.3 Å². The lowest BCUT2D eigenvalue weighted by Crippen LogP contribution is -2.59. The van der Waals surface area contributed by atoms with Gasteiger partial charge in [0.05, 0.1) is 17.8 Å². The fraction of sp³-hybridized carbons (Fsp3) is 0.389. The minimum Gasteiger partial charge on any atom is -0.480 e. The summed E-state index contributed by atoms with van der Waals surface area (Å²) in [7, 11) is -4.29. The van der Waals surface area contributed by atoms with E-state index in [-0.39, 0.29) is 24.6 Å². The Morgan fingerprint density at radius 3 is 2.72 bits per heavy atom. The van der Waals surface area contributed by atoms with Crippen molar-refractivity contribution in [1.82, 2.24) is 15.2 Å². The third kappa shape index (κ3) is 3.84. The summed E-state index contributed by atoms with van der Waals surface area (Å²) in [4.78, 5) is 45.0. The van der Waals surface area contributed by atoms with E-state index in [9.17, 15) is 27.9 Å². The molecule has 0 radical (unpaired) electrons. The van der Waals surface area contributed by atoms with Crippen LogP contribution in [-0.2, 0) is 24.2 Å². The molecule has 1 aromatic heterocycles. The summed E-state index contributed by atoms with van der Waals surface area (Å²) in [6.45, 7) is 0.429. The normalized spacial score (nSPS) is 26.7. The summed E-state index contributed by atoms with van der Waals surface area (Å²) in [5, 5.41) is 10.5. The maximum absolute atomic E-state index is 13.3. The van der Waals surface area contributed by atoms with Gasteiger partial charge in [0.25, 0.3) is 5.91 Å². The molecule has 2 aliphatic heterocycles. The summed E-state index contributed by atoms with van der Waals surface area (Å²) >= 11 is 0.